The molecule has 9 heterocycles. The highest BCUT2D eigenvalue weighted by atomic mass is 16.5. The Labute approximate surface area is 556 Å². The number of rotatable bonds is 19. The number of anilines is 4. The van der Waals surface area contributed by atoms with Gasteiger partial charge < -0.3 is 43.6 Å². The second kappa shape index (κ2) is 26.9. The quantitative estimate of drug-likeness (QED) is 0.0699. The molecule has 7 aliphatic rings. The minimum absolute atomic E-state index is 0.0934. The zero-order valence-electron chi connectivity index (χ0n) is 54.6. The van der Waals surface area contributed by atoms with Gasteiger partial charge in [0.05, 0.1) is 55.7 Å². The fourth-order valence-electron chi connectivity index (χ4n) is 16.1. The predicted molar refractivity (Wildman–Crippen MR) is 371 cm³/mol. The highest BCUT2D eigenvalue weighted by Crippen LogP contribution is 2.42. The Morgan fingerprint density at radius 2 is 1.18 bits per heavy atom. The lowest BCUT2D eigenvalue weighted by Gasteiger charge is -2.42. The molecule has 488 valence electrons. The fraction of sp³-hybridized carbons (Fsp3) is 0.421. The molecule has 5 fully saturated rings. The number of methoxy groups -OCH3 is 1. The van der Waals surface area contributed by atoms with E-state index in [1.54, 1.807) is 12.0 Å². The van der Waals surface area contributed by atoms with Crippen molar-refractivity contribution in [2.45, 2.75) is 94.0 Å². The average molecular weight is 1270 g/mol. The number of ether oxygens (including phenoxy) is 3. The van der Waals surface area contributed by atoms with Gasteiger partial charge in [-0.25, -0.2) is 0 Å². The minimum Gasteiger partial charge on any atom is -0.462 e. The normalized spacial score (nSPS) is 22.5. The number of carbonyl (C=O) groups is 2. The summed E-state index contributed by atoms with van der Waals surface area (Å²) >= 11 is 0. The van der Waals surface area contributed by atoms with Crippen LogP contribution in [0.4, 0.5) is 23.0 Å². The molecule has 2 amide bonds. The lowest BCUT2D eigenvalue weighted by atomic mass is 9.92. The summed E-state index contributed by atoms with van der Waals surface area (Å²) < 4.78 is 19.4. The van der Waals surface area contributed by atoms with Crippen molar-refractivity contribution in [3.8, 4) is 18.1 Å². The fourth-order valence-corrected chi connectivity index (χ4v) is 16.1. The number of piperazine rings is 2. The number of likely N-dealkylation sites (tertiary alicyclic amines) is 2. The summed E-state index contributed by atoms with van der Waals surface area (Å²) in [7, 11) is 3.88. The molecule has 3 aromatic heterocycles. The lowest BCUT2D eigenvalue weighted by Crippen LogP contribution is -2.57. The van der Waals surface area contributed by atoms with Crippen molar-refractivity contribution in [3.63, 3.8) is 0 Å². The van der Waals surface area contributed by atoms with E-state index in [1.807, 2.05) is 11.1 Å². The average Bonchev–Trinajstić information content (AvgIpc) is 0.933. The minimum atomic E-state index is -0.318. The van der Waals surface area contributed by atoms with Gasteiger partial charge in [0.2, 0.25) is 11.8 Å². The first-order valence-electron chi connectivity index (χ1n) is 34.1. The summed E-state index contributed by atoms with van der Waals surface area (Å²) in [4.78, 5) is 70.6. The van der Waals surface area contributed by atoms with Crippen LogP contribution in [0.25, 0.3) is 32.3 Å². The van der Waals surface area contributed by atoms with Crippen LogP contribution in [0, 0.1) is 17.2 Å². The summed E-state index contributed by atoms with van der Waals surface area (Å²) in [5.74, 6) is 2.66. The van der Waals surface area contributed by atoms with E-state index in [0.29, 0.717) is 96.5 Å². The van der Waals surface area contributed by atoms with Gasteiger partial charge in [0.15, 0.2) is 0 Å². The van der Waals surface area contributed by atoms with Crippen molar-refractivity contribution >= 4 is 67.1 Å². The van der Waals surface area contributed by atoms with Gasteiger partial charge in [-0.05, 0) is 109 Å². The number of nitrogens with zero attached hydrogens (tertiary/aromatic N) is 14. The predicted octanol–water partition coefficient (Wildman–Crippen LogP) is 9.73. The van der Waals surface area contributed by atoms with Gasteiger partial charge in [-0.1, -0.05) is 104 Å². The Bertz CT molecular complexity index is 4260. The Hall–Kier alpha value is -9.22. The molecule has 4 unspecified atom stereocenters. The van der Waals surface area contributed by atoms with Gasteiger partial charge >= 0.3 is 12.0 Å². The van der Waals surface area contributed by atoms with Crippen LogP contribution in [0.2, 0.25) is 0 Å². The third-order valence-corrected chi connectivity index (χ3v) is 21.3. The standard InChI is InChI=1S/C76H84N14O5/c1-5-71(91)89-32-30-86(43-58(89)24-27-77)73-65-26-29-85(46-68(65)80-76(81-73)95-49-60-36-57(42-88(60)40-50-22-23-50)66-37-52-15-7-8-17-54(52)39-78-66)70-38-55(34-53-16-10-12-20-63(53)70)56-35-59(83(3)41-56)48-94-75-79-67-45-84(69-21-13-18-51-14-9-11-19-62(51)69)28-25-64(67)74(82-75)87-31-33-90(72(92)6-2)61(44-87)47-93-4/h5-21,34,37-39,50,56-61H,1-2,22-26,28-33,35-36,40-49H2,3-4H3/t56?,57?,58?,59-,60-,61?/m0/s1. The summed E-state index contributed by atoms with van der Waals surface area (Å²) in [6.45, 7) is 17.6. The Morgan fingerprint density at radius 3 is 1.84 bits per heavy atom. The van der Waals surface area contributed by atoms with E-state index in [-0.39, 0.29) is 54.2 Å². The third kappa shape index (κ3) is 12.7. The SMILES string of the molecule is C=CC(=O)N1CCN(c2nc(OC[C@@H]3CC(c4cc5ccccc5cn4)CN3CC3CC3)nc3c2CCN(c2cc(C4C[C@@H](COc5nc6c(c(N7CCN(C(=O)C=C)C(COC)C7)n5)CCN(c5cccc7ccccc57)C6)N(C)C4)cc4ccccc24)C3)CC1CC#N. The molecule has 15 rings (SSSR count). The second-order valence-corrected chi connectivity index (χ2v) is 27.2. The van der Waals surface area contributed by atoms with Crippen LogP contribution in [0.5, 0.6) is 12.0 Å². The van der Waals surface area contributed by atoms with Crippen molar-refractivity contribution in [2.75, 3.05) is 126 Å². The van der Waals surface area contributed by atoms with Crippen LogP contribution in [0.15, 0.2) is 141 Å². The van der Waals surface area contributed by atoms with Gasteiger partial charge in [-0.3, -0.25) is 24.4 Å². The van der Waals surface area contributed by atoms with Crippen LogP contribution in [-0.2, 0) is 40.3 Å². The van der Waals surface area contributed by atoms with Crippen molar-refractivity contribution in [3.05, 3.63) is 174 Å². The van der Waals surface area contributed by atoms with Crippen molar-refractivity contribution in [2.24, 2.45) is 5.92 Å². The van der Waals surface area contributed by atoms with E-state index in [9.17, 15) is 14.9 Å². The number of benzene rings is 5. The van der Waals surface area contributed by atoms with E-state index in [0.717, 1.165) is 97.2 Å². The van der Waals surface area contributed by atoms with E-state index >= 15 is 0 Å². The molecule has 0 radical (unpaired) electrons. The van der Waals surface area contributed by atoms with E-state index in [2.05, 4.69) is 165 Å². The number of hydrogen-bond donors (Lipinski definition) is 0. The molecule has 5 aromatic carbocycles. The molecule has 6 atom stereocenters. The Balaban J connectivity index is 0.695. The van der Waals surface area contributed by atoms with Gasteiger partial charge in [0, 0.05) is 148 Å². The Kier molecular flexibility index (Phi) is 17.5. The number of hydrogen-bond acceptors (Lipinski definition) is 17. The monoisotopic (exact) mass is 1270 g/mol. The second-order valence-electron chi connectivity index (χ2n) is 27.2. The molecule has 6 aliphatic heterocycles. The maximum atomic E-state index is 13.2. The molecule has 8 aromatic rings. The van der Waals surface area contributed by atoms with Crippen LogP contribution < -0.4 is 29.1 Å². The van der Waals surface area contributed by atoms with Crippen molar-refractivity contribution in [1.82, 2.24) is 44.5 Å². The van der Waals surface area contributed by atoms with Crippen LogP contribution >= 0.6 is 0 Å². The van der Waals surface area contributed by atoms with Crippen LogP contribution in [0.3, 0.4) is 0 Å². The third-order valence-electron chi connectivity index (χ3n) is 21.3. The number of amides is 2. The van der Waals surface area contributed by atoms with Gasteiger partial charge in [0.1, 0.15) is 24.8 Å². The molecule has 19 heteroatoms. The Morgan fingerprint density at radius 1 is 0.589 bits per heavy atom. The zero-order chi connectivity index (χ0) is 64.7. The molecule has 0 bridgehead atoms. The number of aromatic nitrogens is 5. The van der Waals surface area contributed by atoms with Gasteiger partial charge in [0.25, 0.3) is 0 Å². The summed E-state index contributed by atoms with van der Waals surface area (Å²) in [6, 6.07) is 42.2. The van der Waals surface area contributed by atoms with Crippen LogP contribution in [-0.4, -0.2) is 186 Å². The largest absolute Gasteiger partial charge is 0.462 e. The van der Waals surface area contributed by atoms with Crippen LogP contribution in [0.1, 0.15) is 77.7 Å². The summed E-state index contributed by atoms with van der Waals surface area (Å²) in [5, 5.41) is 17.2. The zero-order valence-corrected chi connectivity index (χ0v) is 54.6. The first-order chi connectivity index (χ1) is 46.6. The molecule has 1 saturated carbocycles. The molecular formula is C76H84N14O5. The van der Waals surface area contributed by atoms with E-state index < -0.39 is 0 Å². The smallest absolute Gasteiger partial charge is 0.318 e. The molecule has 95 heavy (non-hydrogen) atoms. The van der Waals surface area contributed by atoms with E-state index in [1.165, 1.54) is 68.9 Å². The number of fused-ring (bicyclic) bond motifs is 5. The molecule has 0 N–H and O–H groups in total. The first-order valence-corrected chi connectivity index (χ1v) is 34.1. The summed E-state index contributed by atoms with van der Waals surface area (Å²) in [5.41, 5.74) is 8.86. The topological polar surface area (TPSA) is 176 Å². The van der Waals surface area contributed by atoms with Crippen molar-refractivity contribution < 1.29 is 23.8 Å². The first kappa shape index (κ1) is 61.9. The lowest BCUT2D eigenvalue weighted by molar-refractivity contribution is -0.130. The highest BCUT2D eigenvalue weighted by Gasteiger charge is 2.40. The number of pyridine rings is 1. The number of likely N-dealkylation sites (N-methyl/N-ethyl adjacent to an activating group) is 1. The highest BCUT2D eigenvalue weighted by molar-refractivity contribution is 5.96. The van der Waals surface area contributed by atoms with Crippen molar-refractivity contribution in [1.29, 1.82) is 5.26 Å². The number of carbonyl (C=O) groups excluding carboxylic acids is 2. The molecule has 1 aliphatic carbocycles. The maximum Gasteiger partial charge on any atom is 0.318 e. The van der Waals surface area contributed by atoms with E-state index in [4.69, 9.17) is 39.1 Å². The molecule has 19 nitrogen and oxygen atoms in total. The number of nitriles is 1. The maximum absolute atomic E-state index is 13.2. The summed E-state index contributed by atoms with van der Waals surface area (Å²) in [6.07, 6.45) is 10.8. The van der Waals surface area contributed by atoms with Gasteiger partial charge in [-0.15, -0.1) is 0 Å². The molecular weight excluding hydrogens is 1190 g/mol. The molecule has 4 saturated heterocycles. The van der Waals surface area contributed by atoms with Gasteiger partial charge in [-0.2, -0.15) is 25.2 Å². The molecule has 0 spiro atoms.